The Hall–Kier alpha value is 0.947. The molecule has 3 N–H and O–H groups in total. The number of rotatable bonds is 0. The zero-order valence-corrected chi connectivity index (χ0v) is 4.07. The average molecular weight is 76.0 g/mol. The van der Waals surface area contributed by atoms with Crippen LogP contribution in [0.25, 0.3) is 0 Å². The van der Waals surface area contributed by atoms with Crippen LogP contribution in [0.3, 0.4) is 0 Å². The Morgan fingerprint density at radius 2 is 1.00 bits per heavy atom. The maximum absolute atomic E-state index is 0. The SMILES string of the molecule is O.P.[Li+].[OH-]. The van der Waals surface area contributed by atoms with Gasteiger partial charge in [-0.1, -0.05) is 0 Å². The molecule has 4 heavy (non-hydrogen) atoms. The first-order valence-corrected chi connectivity index (χ1v) is 0. The fraction of sp³-hybridized carbons (Fsp3) is 0. The van der Waals surface area contributed by atoms with E-state index < -0.39 is 0 Å². The summed E-state index contributed by atoms with van der Waals surface area (Å²) in [5.41, 5.74) is 0. The molecule has 0 aliphatic rings. The van der Waals surface area contributed by atoms with Crippen molar-refractivity contribution in [3.05, 3.63) is 0 Å². The molecule has 0 aliphatic carbocycles. The van der Waals surface area contributed by atoms with Gasteiger partial charge in [-0.3, -0.25) is 0 Å². The Labute approximate surface area is 40.4 Å². The molecule has 0 aromatic carbocycles. The second-order valence-electron chi connectivity index (χ2n) is 0. The molecule has 0 aromatic rings. The molecule has 0 rings (SSSR count). The van der Waals surface area contributed by atoms with E-state index in [9.17, 15) is 0 Å². The van der Waals surface area contributed by atoms with Crippen molar-refractivity contribution in [2.45, 2.75) is 0 Å². The molecule has 0 heterocycles. The topological polar surface area (TPSA) is 61.5 Å². The quantitative estimate of drug-likeness (QED) is 0.214. The molecule has 0 aliphatic heterocycles. The van der Waals surface area contributed by atoms with Crippen LogP contribution in [-0.4, -0.2) is 11.0 Å². The van der Waals surface area contributed by atoms with Gasteiger partial charge in [0.05, 0.1) is 0 Å². The van der Waals surface area contributed by atoms with Crippen molar-refractivity contribution in [3.63, 3.8) is 0 Å². The monoisotopic (exact) mass is 76.0 g/mol. The minimum absolute atomic E-state index is 0. The Morgan fingerprint density at radius 1 is 1.00 bits per heavy atom. The Kier molecular flexibility index (Phi) is 820. The van der Waals surface area contributed by atoms with Gasteiger partial charge >= 0.3 is 18.9 Å². The molecule has 4 heteroatoms. The van der Waals surface area contributed by atoms with Gasteiger partial charge in [0, 0.05) is 0 Å². The zero-order chi connectivity index (χ0) is 0. The second-order valence-corrected chi connectivity index (χ2v) is 0. The first-order chi connectivity index (χ1) is 0. The van der Waals surface area contributed by atoms with Gasteiger partial charge in [-0.2, -0.15) is 9.90 Å². The molecule has 0 aromatic heterocycles. The minimum Gasteiger partial charge on any atom is -0.870 e. The van der Waals surface area contributed by atoms with Crippen molar-refractivity contribution >= 4 is 9.90 Å². The first-order valence-electron chi connectivity index (χ1n) is 0. The van der Waals surface area contributed by atoms with E-state index in [4.69, 9.17) is 0 Å². The molecule has 24 valence electrons. The van der Waals surface area contributed by atoms with E-state index in [0.717, 1.165) is 0 Å². The average Bonchev–Trinajstić information content (AvgIpc) is 0. The molecule has 0 saturated carbocycles. The molecule has 0 spiro atoms. The zero-order valence-electron chi connectivity index (χ0n) is 2.65. The van der Waals surface area contributed by atoms with Gasteiger partial charge < -0.3 is 11.0 Å². The van der Waals surface area contributed by atoms with Gasteiger partial charge in [0.25, 0.3) is 0 Å². The van der Waals surface area contributed by atoms with Crippen LogP contribution in [0.4, 0.5) is 0 Å². The van der Waals surface area contributed by atoms with Crippen molar-refractivity contribution in [2.75, 3.05) is 0 Å². The summed E-state index contributed by atoms with van der Waals surface area (Å²) in [6.07, 6.45) is 0. The van der Waals surface area contributed by atoms with Gasteiger partial charge in [-0.25, -0.2) is 0 Å². The predicted octanol–water partition coefficient (Wildman–Crippen LogP) is -3.94. The van der Waals surface area contributed by atoms with Gasteiger partial charge in [0.2, 0.25) is 0 Å². The summed E-state index contributed by atoms with van der Waals surface area (Å²) < 4.78 is 0. The second kappa shape index (κ2) is 38.2. The Balaban J connectivity index is 0. The van der Waals surface area contributed by atoms with Crippen LogP contribution in [0.15, 0.2) is 0 Å². The first kappa shape index (κ1) is 85.9. The van der Waals surface area contributed by atoms with Crippen molar-refractivity contribution in [3.8, 4) is 0 Å². The van der Waals surface area contributed by atoms with Crippen molar-refractivity contribution < 1.29 is 29.8 Å². The summed E-state index contributed by atoms with van der Waals surface area (Å²) in [4.78, 5) is 0. The van der Waals surface area contributed by atoms with Crippen LogP contribution < -0.4 is 18.9 Å². The maximum atomic E-state index is 0. The molecule has 0 fully saturated rings. The Morgan fingerprint density at radius 3 is 1.00 bits per heavy atom. The summed E-state index contributed by atoms with van der Waals surface area (Å²) in [5.74, 6) is 0. The molecule has 2 nitrogen and oxygen atoms in total. The molecule has 0 radical (unpaired) electrons. The molecule has 0 saturated heterocycles. The van der Waals surface area contributed by atoms with E-state index in [1.54, 1.807) is 0 Å². The van der Waals surface area contributed by atoms with Crippen LogP contribution in [0, 0.1) is 0 Å². The van der Waals surface area contributed by atoms with Gasteiger partial charge in [-0.15, -0.1) is 0 Å². The molecular weight excluding hydrogens is 69.9 g/mol. The van der Waals surface area contributed by atoms with E-state index in [2.05, 4.69) is 0 Å². The van der Waals surface area contributed by atoms with Gasteiger partial charge in [-0.05, 0) is 0 Å². The van der Waals surface area contributed by atoms with E-state index in [1.165, 1.54) is 0 Å². The van der Waals surface area contributed by atoms with Gasteiger partial charge in [0.1, 0.15) is 0 Å². The van der Waals surface area contributed by atoms with E-state index in [-0.39, 0.29) is 39.7 Å². The largest absolute Gasteiger partial charge is 1.00 e. The summed E-state index contributed by atoms with van der Waals surface area (Å²) in [6, 6.07) is 0. The van der Waals surface area contributed by atoms with Crippen LogP contribution >= 0.6 is 9.90 Å². The van der Waals surface area contributed by atoms with Crippen LogP contribution in [0.5, 0.6) is 0 Å². The summed E-state index contributed by atoms with van der Waals surface area (Å²) in [5, 5.41) is 0. The van der Waals surface area contributed by atoms with Crippen molar-refractivity contribution in [2.24, 2.45) is 0 Å². The molecule has 0 bridgehead atoms. The maximum Gasteiger partial charge on any atom is 1.00 e. The third kappa shape index (κ3) is 12.5. The van der Waals surface area contributed by atoms with Crippen LogP contribution in [-0.2, 0) is 0 Å². The molecule has 1 atom stereocenters. The van der Waals surface area contributed by atoms with Gasteiger partial charge in [0.15, 0.2) is 0 Å². The molecular formula is H6LiO2P. The smallest absolute Gasteiger partial charge is 0.870 e. The van der Waals surface area contributed by atoms with E-state index in [0.29, 0.717) is 0 Å². The summed E-state index contributed by atoms with van der Waals surface area (Å²) in [6.45, 7) is 0. The van der Waals surface area contributed by atoms with Crippen LogP contribution in [0.2, 0.25) is 0 Å². The summed E-state index contributed by atoms with van der Waals surface area (Å²) in [7, 11) is 0. The molecule has 0 amide bonds. The Bertz CT molecular complexity index is 6.00. The third-order valence-corrected chi connectivity index (χ3v) is 0. The number of hydrogen-bond acceptors (Lipinski definition) is 1. The third-order valence-electron chi connectivity index (χ3n) is 0. The van der Waals surface area contributed by atoms with Crippen LogP contribution in [0.1, 0.15) is 0 Å². The normalized spacial score (nSPS) is 0. The minimum atomic E-state index is 0. The van der Waals surface area contributed by atoms with Crippen molar-refractivity contribution in [1.29, 1.82) is 0 Å². The van der Waals surface area contributed by atoms with E-state index >= 15 is 0 Å². The standard InChI is InChI=1S/Li.2H2O.H3P/h;2*1H2;1H3/q+1;;;/p-1. The van der Waals surface area contributed by atoms with Crippen molar-refractivity contribution in [1.82, 2.24) is 0 Å². The predicted molar refractivity (Wildman–Crippen MR) is 16.7 cm³/mol. The van der Waals surface area contributed by atoms with E-state index in [1.807, 2.05) is 0 Å². The number of hydrogen-bond donors (Lipinski definition) is 0. The fourth-order valence-corrected chi connectivity index (χ4v) is 0. The summed E-state index contributed by atoms with van der Waals surface area (Å²) >= 11 is 0. The fourth-order valence-electron chi connectivity index (χ4n) is 0. The molecule has 1 unspecified atom stereocenters.